The fourth-order valence-corrected chi connectivity index (χ4v) is 4.04. The largest absolute Gasteiger partial charge is 0.519 e. The molecule has 0 bridgehead atoms. The molecule has 0 aliphatic heterocycles. The monoisotopic (exact) mass is 517 g/mol. The molecule has 2 atom stereocenters. The van der Waals surface area contributed by atoms with Gasteiger partial charge < -0.3 is 25.8 Å². The highest BCUT2D eigenvalue weighted by molar-refractivity contribution is 5.89. The van der Waals surface area contributed by atoms with Gasteiger partial charge in [0.05, 0.1) is 6.04 Å². The number of carbonyl (C=O) groups is 3. The van der Waals surface area contributed by atoms with E-state index in [1.807, 2.05) is 38.1 Å². The van der Waals surface area contributed by atoms with Crippen molar-refractivity contribution in [3.63, 3.8) is 0 Å². The molecule has 8 heteroatoms. The van der Waals surface area contributed by atoms with E-state index in [9.17, 15) is 14.4 Å². The smallest absolute Gasteiger partial charge is 0.395 e. The zero-order chi connectivity index (χ0) is 27.5. The van der Waals surface area contributed by atoms with Gasteiger partial charge in [-0.25, -0.2) is 4.79 Å². The summed E-state index contributed by atoms with van der Waals surface area (Å²) < 4.78 is 10.5. The van der Waals surface area contributed by atoms with Gasteiger partial charge in [-0.05, 0) is 86.6 Å². The Balaban J connectivity index is 1.47. The highest BCUT2D eigenvalue weighted by Gasteiger charge is 2.22. The minimum Gasteiger partial charge on any atom is -0.395 e. The predicted molar refractivity (Wildman–Crippen MR) is 146 cm³/mol. The van der Waals surface area contributed by atoms with Gasteiger partial charge in [0.15, 0.2) is 0 Å². The van der Waals surface area contributed by atoms with Crippen LogP contribution in [0.25, 0.3) is 0 Å². The fraction of sp³-hybridized carbons (Fsp3) is 0.300. The number of carbonyl (C=O) groups excluding carboxylic acids is 3. The first kappa shape index (κ1) is 28.4. The molecule has 3 aromatic rings. The Morgan fingerprint density at radius 1 is 0.842 bits per heavy atom. The molecule has 2 amide bonds. The molecule has 0 heterocycles. The number of rotatable bonds is 11. The highest BCUT2D eigenvalue weighted by atomic mass is 16.7. The standard InChI is InChI=1S/C30H35N3O5/c1-20-17-25(38-30(36)37-24-14-8-5-9-15-24)18-21(2)26(20)19-27(31)29(35)33-22(3)28(34)32-16-10-13-23-11-6-4-7-12-23/h4-9,11-12,14-15,17-18,22,27H,10,13,16,19,31H2,1-3H3,(H,32,34)(H,33,35)/t22-,27-/m1/s1. The van der Waals surface area contributed by atoms with Crippen LogP contribution in [-0.4, -0.2) is 36.6 Å². The van der Waals surface area contributed by atoms with Crippen molar-refractivity contribution in [3.8, 4) is 11.5 Å². The third kappa shape index (κ3) is 8.74. The topological polar surface area (TPSA) is 120 Å². The first-order chi connectivity index (χ1) is 18.2. The van der Waals surface area contributed by atoms with Crippen LogP contribution in [0.1, 0.15) is 35.6 Å². The number of nitrogens with two attached hydrogens (primary N) is 1. The van der Waals surface area contributed by atoms with Gasteiger partial charge in [0.1, 0.15) is 17.5 Å². The molecule has 0 aromatic heterocycles. The lowest BCUT2D eigenvalue weighted by atomic mass is 9.96. The van der Waals surface area contributed by atoms with Crippen molar-refractivity contribution in [2.45, 2.75) is 52.1 Å². The van der Waals surface area contributed by atoms with Crippen LogP contribution in [-0.2, 0) is 22.4 Å². The molecule has 0 radical (unpaired) electrons. The minimum atomic E-state index is -0.851. The van der Waals surface area contributed by atoms with Crippen LogP contribution >= 0.6 is 0 Å². The Hall–Kier alpha value is -4.17. The normalized spacial score (nSPS) is 12.2. The molecular weight excluding hydrogens is 482 g/mol. The van der Waals surface area contributed by atoms with Crippen molar-refractivity contribution in [1.82, 2.24) is 10.6 Å². The van der Waals surface area contributed by atoms with Crippen molar-refractivity contribution >= 4 is 18.0 Å². The van der Waals surface area contributed by atoms with Crippen molar-refractivity contribution in [3.05, 3.63) is 95.1 Å². The highest BCUT2D eigenvalue weighted by Crippen LogP contribution is 2.24. The van der Waals surface area contributed by atoms with Crippen LogP contribution in [0.2, 0.25) is 0 Å². The number of hydrogen-bond acceptors (Lipinski definition) is 6. The first-order valence-corrected chi connectivity index (χ1v) is 12.7. The molecule has 0 spiro atoms. The van der Waals surface area contributed by atoms with Crippen molar-refractivity contribution in [1.29, 1.82) is 0 Å². The average molecular weight is 518 g/mol. The van der Waals surface area contributed by atoms with E-state index in [-0.39, 0.29) is 12.3 Å². The summed E-state index contributed by atoms with van der Waals surface area (Å²) in [6.45, 7) is 5.86. The molecule has 3 aromatic carbocycles. The second-order valence-electron chi connectivity index (χ2n) is 9.22. The molecule has 0 aliphatic carbocycles. The van der Waals surface area contributed by atoms with E-state index in [1.54, 1.807) is 43.3 Å². The Bertz CT molecular complexity index is 1210. The summed E-state index contributed by atoms with van der Waals surface area (Å²) in [6, 6.07) is 20.5. The number of amides is 2. The van der Waals surface area contributed by atoms with Gasteiger partial charge in [-0.15, -0.1) is 0 Å². The van der Waals surface area contributed by atoms with E-state index in [1.165, 1.54) is 5.56 Å². The maximum atomic E-state index is 12.7. The first-order valence-electron chi connectivity index (χ1n) is 12.7. The maximum absolute atomic E-state index is 12.7. The summed E-state index contributed by atoms with van der Waals surface area (Å²) in [7, 11) is 0. The Labute approximate surface area is 223 Å². The van der Waals surface area contributed by atoms with Gasteiger partial charge in [0, 0.05) is 6.54 Å². The predicted octanol–water partition coefficient (Wildman–Crippen LogP) is 4.00. The number of hydrogen-bond donors (Lipinski definition) is 3. The Morgan fingerprint density at radius 2 is 1.42 bits per heavy atom. The third-order valence-corrected chi connectivity index (χ3v) is 6.11. The summed E-state index contributed by atoms with van der Waals surface area (Å²) in [6.07, 6.45) is 1.09. The van der Waals surface area contributed by atoms with Crippen LogP contribution in [0.5, 0.6) is 11.5 Å². The second kappa shape index (κ2) is 13.9. The van der Waals surface area contributed by atoms with E-state index in [0.29, 0.717) is 18.0 Å². The van der Waals surface area contributed by atoms with Gasteiger partial charge in [0.25, 0.3) is 0 Å². The Morgan fingerprint density at radius 3 is 2.05 bits per heavy atom. The summed E-state index contributed by atoms with van der Waals surface area (Å²) >= 11 is 0. The van der Waals surface area contributed by atoms with Crippen LogP contribution in [0, 0.1) is 13.8 Å². The molecule has 0 saturated heterocycles. The lowest BCUT2D eigenvalue weighted by Gasteiger charge is -2.19. The van der Waals surface area contributed by atoms with Gasteiger partial charge in [-0.1, -0.05) is 48.5 Å². The van der Waals surface area contributed by atoms with Crippen LogP contribution in [0.4, 0.5) is 4.79 Å². The van der Waals surface area contributed by atoms with E-state index in [2.05, 4.69) is 22.8 Å². The summed E-state index contributed by atoms with van der Waals surface area (Å²) in [5.74, 6) is 0.0484. The molecule has 0 fully saturated rings. The van der Waals surface area contributed by atoms with E-state index in [0.717, 1.165) is 29.5 Å². The lowest BCUT2D eigenvalue weighted by Crippen LogP contribution is -2.51. The number of para-hydroxylation sites is 1. The molecule has 4 N–H and O–H groups in total. The minimum absolute atomic E-state index is 0.255. The molecule has 0 saturated carbocycles. The summed E-state index contributed by atoms with van der Waals surface area (Å²) in [5, 5.41) is 5.55. The average Bonchev–Trinajstić information content (AvgIpc) is 2.89. The molecule has 0 aliphatic rings. The van der Waals surface area contributed by atoms with Crippen molar-refractivity contribution in [2.75, 3.05) is 6.54 Å². The zero-order valence-corrected chi connectivity index (χ0v) is 22.0. The van der Waals surface area contributed by atoms with E-state index >= 15 is 0 Å². The number of benzene rings is 3. The molecule has 8 nitrogen and oxygen atoms in total. The third-order valence-electron chi connectivity index (χ3n) is 6.11. The maximum Gasteiger partial charge on any atom is 0.519 e. The second-order valence-corrected chi connectivity index (χ2v) is 9.22. The van der Waals surface area contributed by atoms with Crippen LogP contribution in [0.15, 0.2) is 72.8 Å². The Kier molecular flexibility index (Phi) is 10.4. The summed E-state index contributed by atoms with van der Waals surface area (Å²) in [5.41, 5.74) is 9.90. The molecule has 38 heavy (non-hydrogen) atoms. The molecule has 200 valence electrons. The quantitative estimate of drug-likeness (QED) is 0.201. The van der Waals surface area contributed by atoms with Gasteiger partial charge in [0.2, 0.25) is 11.8 Å². The molecular formula is C30H35N3O5. The molecule has 0 unspecified atom stereocenters. The molecule has 3 rings (SSSR count). The van der Waals surface area contributed by atoms with Gasteiger partial charge >= 0.3 is 6.16 Å². The number of ether oxygens (including phenoxy) is 2. The van der Waals surface area contributed by atoms with E-state index < -0.39 is 24.1 Å². The van der Waals surface area contributed by atoms with Crippen LogP contribution in [0.3, 0.4) is 0 Å². The summed E-state index contributed by atoms with van der Waals surface area (Å²) in [4.78, 5) is 37.2. The fourth-order valence-electron chi connectivity index (χ4n) is 4.04. The van der Waals surface area contributed by atoms with Gasteiger partial charge in [-0.2, -0.15) is 0 Å². The van der Waals surface area contributed by atoms with Crippen LogP contribution < -0.4 is 25.8 Å². The lowest BCUT2D eigenvalue weighted by molar-refractivity contribution is -0.129. The zero-order valence-electron chi connectivity index (χ0n) is 22.0. The SMILES string of the molecule is Cc1cc(OC(=O)Oc2ccccc2)cc(C)c1C[C@@H](N)C(=O)N[C@H](C)C(=O)NCCCc1ccccc1. The van der Waals surface area contributed by atoms with Crippen molar-refractivity contribution < 1.29 is 23.9 Å². The number of nitrogens with one attached hydrogen (secondary N) is 2. The van der Waals surface area contributed by atoms with Crippen molar-refractivity contribution in [2.24, 2.45) is 5.73 Å². The number of aryl methyl sites for hydroxylation is 3. The van der Waals surface area contributed by atoms with E-state index in [4.69, 9.17) is 15.2 Å². The van der Waals surface area contributed by atoms with Gasteiger partial charge in [-0.3, -0.25) is 9.59 Å².